The molecule has 2 aromatic heterocycles. The van der Waals surface area contributed by atoms with Gasteiger partial charge in [-0.05, 0) is 18.4 Å². The Bertz CT molecular complexity index is 873. The highest BCUT2D eigenvalue weighted by Gasteiger charge is 2.31. The molecule has 3 rings (SSSR count). The molecule has 9 heteroatoms. The highest BCUT2D eigenvalue weighted by molar-refractivity contribution is 8.00. The van der Waals surface area contributed by atoms with E-state index in [-0.39, 0.29) is 17.5 Å². The second kappa shape index (κ2) is 6.78. The molecule has 0 aromatic carbocycles. The first-order valence-corrected chi connectivity index (χ1v) is 9.13. The molecule has 1 atom stereocenters. The Morgan fingerprint density at radius 1 is 1.58 bits per heavy atom. The summed E-state index contributed by atoms with van der Waals surface area (Å²) in [5.41, 5.74) is -0.151. The maximum atomic E-state index is 12.6. The Balaban J connectivity index is 1.92. The molecule has 1 aliphatic heterocycles. The van der Waals surface area contributed by atoms with Crippen molar-refractivity contribution in [2.24, 2.45) is 0 Å². The predicted octanol–water partition coefficient (Wildman–Crippen LogP) is 1.68. The summed E-state index contributed by atoms with van der Waals surface area (Å²) in [6.07, 6.45) is 1.62. The first kappa shape index (κ1) is 16.7. The number of aromatic nitrogens is 2. The average Bonchev–Trinajstić information content (AvgIpc) is 3.19. The first-order valence-electron chi connectivity index (χ1n) is 7.37. The largest absolute Gasteiger partial charge is 0.336 e. The molecular formula is C15H16N4O3S2. The molecule has 3 heterocycles. The Hall–Kier alpha value is -2.13. The van der Waals surface area contributed by atoms with Gasteiger partial charge >= 0.3 is 6.03 Å². The lowest BCUT2D eigenvalue weighted by Crippen LogP contribution is -2.39. The minimum atomic E-state index is -0.533. The number of imide groups is 1. The summed E-state index contributed by atoms with van der Waals surface area (Å²) in [7, 11) is 0. The van der Waals surface area contributed by atoms with E-state index < -0.39 is 5.25 Å². The highest BCUT2D eigenvalue weighted by atomic mass is 32.2. The summed E-state index contributed by atoms with van der Waals surface area (Å²) in [4.78, 5) is 43.0. The van der Waals surface area contributed by atoms with Gasteiger partial charge in [0, 0.05) is 19.6 Å². The van der Waals surface area contributed by atoms with Crippen LogP contribution in [0.4, 0.5) is 4.79 Å². The number of urea groups is 1. The van der Waals surface area contributed by atoms with Gasteiger partial charge in [0.15, 0.2) is 5.16 Å². The number of nitrogens with one attached hydrogen (secondary N) is 1. The Labute approximate surface area is 146 Å². The molecule has 0 radical (unpaired) electrons. The smallest absolute Gasteiger partial charge is 0.324 e. The summed E-state index contributed by atoms with van der Waals surface area (Å²) < 4.78 is 1.50. The third kappa shape index (κ3) is 2.96. The topological polar surface area (TPSA) is 84.3 Å². The second-order valence-corrected chi connectivity index (χ2v) is 7.42. The number of hydrogen-bond acceptors (Lipinski definition) is 6. The molecule has 0 bridgehead atoms. The minimum Gasteiger partial charge on any atom is -0.336 e. The molecule has 1 aliphatic rings. The lowest BCUT2D eigenvalue weighted by Gasteiger charge is -2.18. The van der Waals surface area contributed by atoms with E-state index in [1.165, 1.54) is 32.6 Å². The zero-order chi connectivity index (χ0) is 17.3. The minimum absolute atomic E-state index is 0.151. The van der Waals surface area contributed by atoms with Crippen LogP contribution in [0.1, 0.15) is 6.92 Å². The predicted molar refractivity (Wildman–Crippen MR) is 94.5 cm³/mol. The van der Waals surface area contributed by atoms with Gasteiger partial charge in [0.25, 0.3) is 5.56 Å². The molecule has 1 fully saturated rings. The van der Waals surface area contributed by atoms with Crippen LogP contribution in [-0.4, -0.2) is 44.7 Å². The van der Waals surface area contributed by atoms with Gasteiger partial charge in [-0.3, -0.25) is 19.1 Å². The quantitative estimate of drug-likeness (QED) is 0.496. The van der Waals surface area contributed by atoms with Crippen molar-refractivity contribution in [1.29, 1.82) is 0 Å². The van der Waals surface area contributed by atoms with Gasteiger partial charge in [0.2, 0.25) is 5.91 Å². The molecule has 0 spiro atoms. The molecule has 1 N–H and O–H groups in total. The SMILES string of the molecule is C=CCn1c(S[C@@H](C)C(=O)N2CCNC2=O)nc2sccc2c1=O. The normalized spacial score (nSPS) is 15.5. The maximum Gasteiger partial charge on any atom is 0.324 e. The van der Waals surface area contributed by atoms with E-state index >= 15 is 0 Å². The lowest BCUT2D eigenvalue weighted by molar-refractivity contribution is -0.126. The molecule has 3 amide bonds. The van der Waals surface area contributed by atoms with Crippen molar-refractivity contribution in [2.45, 2.75) is 23.9 Å². The van der Waals surface area contributed by atoms with Crippen molar-refractivity contribution >= 4 is 45.3 Å². The Morgan fingerprint density at radius 2 is 2.38 bits per heavy atom. The zero-order valence-electron chi connectivity index (χ0n) is 13.0. The molecule has 126 valence electrons. The van der Waals surface area contributed by atoms with Crippen LogP contribution in [0, 0.1) is 0 Å². The summed E-state index contributed by atoms with van der Waals surface area (Å²) in [6.45, 7) is 6.51. The molecule has 0 unspecified atom stereocenters. The van der Waals surface area contributed by atoms with E-state index in [1.807, 2.05) is 5.38 Å². The zero-order valence-corrected chi connectivity index (χ0v) is 14.7. The van der Waals surface area contributed by atoms with Crippen LogP contribution in [0.2, 0.25) is 0 Å². The molecule has 0 aliphatic carbocycles. The standard InChI is InChI=1S/C15H16N4O3S2/c1-3-6-19-13(21)10-4-8-23-11(10)17-15(19)24-9(2)12(20)18-7-5-16-14(18)22/h3-4,8-9H,1,5-7H2,2H3,(H,16,22)/t9-/m0/s1. The van der Waals surface area contributed by atoms with E-state index in [0.29, 0.717) is 35.0 Å². The van der Waals surface area contributed by atoms with E-state index in [1.54, 1.807) is 19.1 Å². The Morgan fingerprint density at radius 3 is 3.04 bits per heavy atom. The van der Waals surface area contributed by atoms with Crippen molar-refractivity contribution in [3.63, 3.8) is 0 Å². The fourth-order valence-electron chi connectivity index (χ4n) is 2.42. The summed E-state index contributed by atoms with van der Waals surface area (Å²) >= 11 is 2.56. The van der Waals surface area contributed by atoms with Crippen LogP contribution < -0.4 is 10.9 Å². The number of allylic oxidation sites excluding steroid dienone is 1. The van der Waals surface area contributed by atoms with Gasteiger partial charge in [-0.1, -0.05) is 17.8 Å². The fourth-order valence-corrected chi connectivity index (χ4v) is 4.21. The summed E-state index contributed by atoms with van der Waals surface area (Å²) in [5, 5.41) is 4.90. The van der Waals surface area contributed by atoms with E-state index in [2.05, 4.69) is 16.9 Å². The number of carbonyl (C=O) groups excluding carboxylic acids is 2. The second-order valence-electron chi connectivity index (χ2n) is 5.22. The number of carbonyl (C=O) groups is 2. The van der Waals surface area contributed by atoms with Crippen molar-refractivity contribution < 1.29 is 9.59 Å². The van der Waals surface area contributed by atoms with Gasteiger partial charge in [0.05, 0.1) is 10.6 Å². The maximum absolute atomic E-state index is 12.6. The van der Waals surface area contributed by atoms with Crippen LogP contribution in [-0.2, 0) is 11.3 Å². The number of amides is 3. The first-order chi connectivity index (χ1) is 11.5. The van der Waals surface area contributed by atoms with Crippen molar-refractivity contribution in [1.82, 2.24) is 19.8 Å². The molecule has 2 aromatic rings. The average molecular weight is 364 g/mol. The number of rotatable bonds is 5. The van der Waals surface area contributed by atoms with E-state index in [4.69, 9.17) is 0 Å². The van der Waals surface area contributed by atoms with Gasteiger partial charge in [-0.15, -0.1) is 17.9 Å². The number of nitrogens with zero attached hydrogens (tertiary/aromatic N) is 3. The third-order valence-electron chi connectivity index (χ3n) is 3.61. The lowest BCUT2D eigenvalue weighted by atomic mass is 10.4. The molecule has 1 saturated heterocycles. The molecule has 7 nitrogen and oxygen atoms in total. The van der Waals surface area contributed by atoms with Crippen molar-refractivity contribution in [3.05, 3.63) is 34.5 Å². The molecular weight excluding hydrogens is 348 g/mol. The molecule has 24 heavy (non-hydrogen) atoms. The monoisotopic (exact) mass is 364 g/mol. The van der Waals surface area contributed by atoms with Gasteiger partial charge in [-0.25, -0.2) is 9.78 Å². The van der Waals surface area contributed by atoms with E-state index in [9.17, 15) is 14.4 Å². The summed E-state index contributed by atoms with van der Waals surface area (Å²) in [5.74, 6) is -0.291. The van der Waals surface area contributed by atoms with Gasteiger partial charge in [-0.2, -0.15) is 0 Å². The van der Waals surface area contributed by atoms with Gasteiger partial charge in [0.1, 0.15) is 4.83 Å². The highest BCUT2D eigenvalue weighted by Crippen LogP contribution is 2.25. The van der Waals surface area contributed by atoms with E-state index in [0.717, 1.165) is 0 Å². The number of hydrogen-bond donors (Lipinski definition) is 1. The summed E-state index contributed by atoms with van der Waals surface area (Å²) in [6, 6.07) is 1.37. The number of fused-ring (bicyclic) bond motifs is 1. The van der Waals surface area contributed by atoms with Crippen molar-refractivity contribution in [3.8, 4) is 0 Å². The fraction of sp³-hybridized carbons (Fsp3) is 0.333. The van der Waals surface area contributed by atoms with Crippen LogP contribution in [0.5, 0.6) is 0 Å². The Kier molecular flexibility index (Phi) is 4.72. The van der Waals surface area contributed by atoms with Crippen LogP contribution in [0.15, 0.2) is 34.1 Å². The third-order valence-corrected chi connectivity index (χ3v) is 5.50. The van der Waals surface area contributed by atoms with Crippen LogP contribution in [0.25, 0.3) is 10.2 Å². The number of thiophene rings is 1. The van der Waals surface area contributed by atoms with Crippen molar-refractivity contribution in [2.75, 3.05) is 13.1 Å². The van der Waals surface area contributed by atoms with Crippen LogP contribution >= 0.6 is 23.1 Å². The molecule has 0 saturated carbocycles. The van der Waals surface area contributed by atoms with Crippen LogP contribution in [0.3, 0.4) is 0 Å². The van der Waals surface area contributed by atoms with Gasteiger partial charge < -0.3 is 5.32 Å². The number of thioether (sulfide) groups is 1.